The first kappa shape index (κ1) is 18.1. The Balaban J connectivity index is 1.48. The maximum absolute atomic E-state index is 12.5. The van der Waals surface area contributed by atoms with Gasteiger partial charge in [-0.2, -0.15) is 0 Å². The molecule has 0 atom stereocenters. The number of nitrogens with zero attached hydrogens (tertiary/aromatic N) is 3. The second-order valence-electron chi connectivity index (χ2n) is 6.89. The lowest BCUT2D eigenvalue weighted by molar-refractivity contribution is 0.0751. The van der Waals surface area contributed by atoms with Crippen LogP contribution in [0.3, 0.4) is 0 Å². The van der Waals surface area contributed by atoms with Crippen molar-refractivity contribution in [3.05, 3.63) is 36.0 Å². The molecule has 2 heterocycles. The van der Waals surface area contributed by atoms with E-state index in [1.54, 1.807) is 28.9 Å². The van der Waals surface area contributed by atoms with Gasteiger partial charge in [0.25, 0.3) is 5.91 Å². The maximum atomic E-state index is 12.5. The minimum Gasteiger partial charge on any atom is -0.455 e. The Bertz CT molecular complexity index is 688. The summed E-state index contributed by atoms with van der Waals surface area (Å²) in [5.74, 6) is 2.66. The van der Waals surface area contributed by atoms with Crippen LogP contribution in [-0.4, -0.2) is 34.0 Å². The van der Waals surface area contributed by atoms with Gasteiger partial charge in [0.2, 0.25) is 0 Å². The summed E-state index contributed by atoms with van der Waals surface area (Å²) >= 11 is 1.60. The van der Waals surface area contributed by atoms with E-state index in [0.29, 0.717) is 11.5 Å². The summed E-state index contributed by atoms with van der Waals surface area (Å²) in [5, 5.41) is 0.939. The summed E-state index contributed by atoms with van der Waals surface area (Å²) in [6, 6.07) is 3.67. The van der Waals surface area contributed by atoms with E-state index in [2.05, 4.69) is 4.98 Å². The fourth-order valence-corrected chi connectivity index (χ4v) is 4.17. The van der Waals surface area contributed by atoms with Crippen molar-refractivity contribution in [2.24, 2.45) is 13.0 Å². The Labute approximate surface area is 153 Å². The van der Waals surface area contributed by atoms with E-state index < -0.39 is 0 Å². The molecule has 1 aliphatic rings. The van der Waals surface area contributed by atoms with Crippen LogP contribution < -0.4 is 0 Å². The van der Waals surface area contributed by atoms with E-state index in [4.69, 9.17) is 4.42 Å². The minimum atomic E-state index is -0.0240. The van der Waals surface area contributed by atoms with Gasteiger partial charge < -0.3 is 13.9 Å². The lowest BCUT2D eigenvalue weighted by Gasteiger charge is -2.24. The number of furan rings is 1. The van der Waals surface area contributed by atoms with Gasteiger partial charge >= 0.3 is 0 Å². The summed E-state index contributed by atoms with van der Waals surface area (Å²) < 4.78 is 7.72. The van der Waals surface area contributed by atoms with Crippen molar-refractivity contribution in [3.63, 3.8) is 0 Å². The molecule has 1 saturated carbocycles. The Kier molecular flexibility index (Phi) is 6.24. The zero-order chi connectivity index (χ0) is 17.6. The van der Waals surface area contributed by atoms with Gasteiger partial charge in [-0.1, -0.05) is 43.9 Å². The number of rotatable bonds is 7. The van der Waals surface area contributed by atoms with Crippen molar-refractivity contribution in [1.82, 2.24) is 14.5 Å². The third-order valence-electron chi connectivity index (χ3n) is 4.94. The predicted molar refractivity (Wildman–Crippen MR) is 99.6 cm³/mol. The van der Waals surface area contributed by atoms with E-state index in [-0.39, 0.29) is 5.91 Å². The predicted octanol–water partition coefficient (Wildman–Crippen LogP) is 4.35. The fourth-order valence-electron chi connectivity index (χ4n) is 3.34. The van der Waals surface area contributed by atoms with E-state index in [1.165, 1.54) is 32.1 Å². The van der Waals surface area contributed by atoms with Crippen LogP contribution >= 0.6 is 11.8 Å². The lowest BCUT2D eigenvalue weighted by atomic mass is 9.87. The van der Waals surface area contributed by atoms with Gasteiger partial charge in [-0.3, -0.25) is 4.79 Å². The molecule has 6 heteroatoms. The van der Waals surface area contributed by atoms with Gasteiger partial charge in [0.15, 0.2) is 10.9 Å². The molecule has 0 N–H and O–H groups in total. The average Bonchev–Trinajstić information content (AvgIpc) is 3.27. The van der Waals surface area contributed by atoms with Gasteiger partial charge in [-0.15, -0.1) is 0 Å². The first-order chi connectivity index (χ1) is 12.1. The third-order valence-corrected chi connectivity index (χ3v) is 6.02. The summed E-state index contributed by atoms with van der Waals surface area (Å²) in [4.78, 5) is 18.6. The standard InChI is InChI=1S/C19H27N3O2S/c1-21(12-10-15-6-4-3-5-7-15)18(23)17-9-8-16(24-17)14-25-19-20-11-13-22(19)2/h8-9,11,13,15H,3-7,10,12,14H2,1-2H3. The van der Waals surface area contributed by atoms with Gasteiger partial charge in [-0.05, 0) is 24.5 Å². The first-order valence-electron chi connectivity index (χ1n) is 9.08. The van der Waals surface area contributed by atoms with Gasteiger partial charge in [0.05, 0.1) is 5.75 Å². The molecule has 1 aliphatic carbocycles. The molecular formula is C19H27N3O2S. The van der Waals surface area contributed by atoms with Crippen molar-refractivity contribution in [2.45, 2.75) is 49.4 Å². The van der Waals surface area contributed by atoms with E-state index in [0.717, 1.165) is 29.8 Å². The normalized spacial score (nSPS) is 15.4. The number of aryl methyl sites for hydroxylation is 1. The molecule has 25 heavy (non-hydrogen) atoms. The van der Waals surface area contributed by atoms with E-state index in [1.807, 2.05) is 30.9 Å². The van der Waals surface area contributed by atoms with Crippen LogP contribution in [0, 0.1) is 5.92 Å². The number of amides is 1. The molecule has 1 fully saturated rings. The van der Waals surface area contributed by atoms with Crippen molar-refractivity contribution >= 4 is 17.7 Å². The highest BCUT2D eigenvalue weighted by molar-refractivity contribution is 7.98. The third kappa shape index (κ3) is 4.91. The topological polar surface area (TPSA) is 51.3 Å². The Hall–Kier alpha value is -1.69. The zero-order valence-corrected chi connectivity index (χ0v) is 15.9. The largest absolute Gasteiger partial charge is 0.455 e. The number of aromatic nitrogens is 2. The quantitative estimate of drug-likeness (QED) is 0.688. The Morgan fingerprint density at radius 1 is 1.36 bits per heavy atom. The molecular weight excluding hydrogens is 334 g/mol. The molecule has 0 radical (unpaired) electrons. The molecule has 136 valence electrons. The number of hydrogen-bond acceptors (Lipinski definition) is 4. The van der Waals surface area contributed by atoms with Gasteiger partial charge in [0.1, 0.15) is 5.76 Å². The van der Waals surface area contributed by atoms with Crippen molar-refractivity contribution in [3.8, 4) is 0 Å². The van der Waals surface area contributed by atoms with E-state index in [9.17, 15) is 4.79 Å². The van der Waals surface area contributed by atoms with Gasteiger partial charge in [0, 0.05) is 33.0 Å². The number of imidazole rings is 1. The number of hydrogen-bond donors (Lipinski definition) is 0. The van der Waals surface area contributed by atoms with Crippen LogP contribution in [-0.2, 0) is 12.8 Å². The summed E-state index contributed by atoms with van der Waals surface area (Å²) in [5.41, 5.74) is 0. The molecule has 5 nitrogen and oxygen atoms in total. The molecule has 0 aromatic carbocycles. The molecule has 1 amide bonds. The summed E-state index contributed by atoms with van der Waals surface area (Å²) in [6.45, 7) is 0.807. The molecule has 0 spiro atoms. The van der Waals surface area contributed by atoms with Crippen LogP contribution in [0.4, 0.5) is 0 Å². The highest BCUT2D eigenvalue weighted by atomic mass is 32.2. The molecule has 0 saturated heterocycles. The van der Waals surface area contributed by atoms with Crippen molar-refractivity contribution < 1.29 is 9.21 Å². The maximum Gasteiger partial charge on any atom is 0.289 e. The summed E-state index contributed by atoms with van der Waals surface area (Å²) in [6.07, 6.45) is 11.5. The summed E-state index contributed by atoms with van der Waals surface area (Å²) in [7, 11) is 3.84. The molecule has 0 aliphatic heterocycles. The van der Waals surface area contributed by atoms with Crippen molar-refractivity contribution in [2.75, 3.05) is 13.6 Å². The van der Waals surface area contributed by atoms with Crippen LogP contribution in [0.5, 0.6) is 0 Å². The SMILES string of the molecule is CN(CCC1CCCCC1)C(=O)c1ccc(CSc2nccn2C)o1. The second kappa shape index (κ2) is 8.61. The molecule has 0 bridgehead atoms. The fraction of sp³-hybridized carbons (Fsp3) is 0.579. The molecule has 3 rings (SSSR count). The van der Waals surface area contributed by atoms with Crippen LogP contribution in [0.1, 0.15) is 54.8 Å². The van der Waals surface area contributed by atoms with E-state index >= 15 is 0 Å². The molecule has 0 unspecified atom stereocenters. The zero-order valence-electron chi connectivity index (χ0n) is 15.1. The molecule has 2 aromatic rings. The van der Waals surface area contributed by atoms with Crippen LogP contribution in [0.25, 0.3) is 0 Å². The number of carbonyl (C=O) groups excluding carboxylic acids is 1. The monoisotopic (exact) mass is 361 g/mol. The Morgan fingerprint density at radius 3 is 2.88 bits per heavy atom. The number of carbonyl (C=O) groups is 1. The van der Waals surface area contributed by atoms with Crippen LogP contribution in [0.2, 0.25) is 0 Å². The second-order valence-corrected chi connectivity index (χ2v) is 7.84. The lowest BCUT2D eigenvalue weighted by Crippen LogP contribution is -2.29. The number of thioether (sulfide) groups is 1. The van der Waals surface area contributed by atoms with Gasteiger partial charge in [-0.25, -0.2) is 4.98 Å². The molecule has 2 aromatic heterocycles. The average molecular weight is 362 g/mol. The first-order valence-corrected chi connectivity index (χ1v) is 10.1. The van der Waals surface area contributed by atoms with Crippen LogP contribution in [0.15, 0.2) is 34.1 Å². The highest BCUT2D eigenvalue weighted by Gasteiger charge is 2.19. The van der Waals surface area contributed by atoms with Crippen molar-refractivity contribution in [1.29, 1.82) is 0 Å². The Morgan fingerprint density at radius 2 is 2.16 bits per heavy atom. The highest BCUT2D eigenvalue weighted by Crippen LogP contribution is 2.27. The minimum absolute atomic E-state index is 0.0240. The smallest absolute Gasteiger partial charge is 0.289 e.